The number of benzene rings is 1. The summed E-state index contributed by atoms with van der Waals surface area (Å²) < 4.78 is 11.3. The van der Waals surface area contributed by atoms with Gasteiger partial charge in [0.1, 0.15) is 5.75 Å². The van der Waals surface area contributed by atoms with Crippen LogP contribution in [-0.4, -0.2) is 36.7 Å². The number of methoxy groups -OCH3 is 1. The van der Waals surface area contributed by atoms with Crippen molar-refractivity contribution in [1.82, 2.24) is 9.88 Å². The van der Waals surface area contributed by atoms with Crippen molar-refractivity contribution in [1.29, 1.82) is 0 Å². The fourth-order valence-electron chi connectivity index (χ4n) is 3.52. The molecule has 4 heteroatoms. The lowest BCUT2D eigenvalue weighted by Crippen LogP contribution is -2.32. The summed E-state index contributed by atoms with van der Waals surface area (Å²) in [5, 5.41) is 0. The molecule has 1 aromatic carbocycles. The van der Waals surface area contributed by atoms with Gasteiger partial charge in [-0.1, -0.05) is 50.3 Å². The highest BCUT2D eigenvalue weighted by atomic mass is 16.5. The summed E-state index contributed by atoms with van der Waals surface area (Å²) in [6, 6.07) is 12.4. The third kappa shape index (κ3) is 5.83. The standard InChI is InChI=1S/C24H32N2O2/c1-19(2)18-28-23-9-5-4-7-21(23)11-10-20-12-15-26(16-13-20)17-22-8-6-14-25-24(22)27-3/h4-11,14,19-20H,12-13,15-18H2,1-3H3/b11-10+. The van der Waals surface area contributed by atoms with E-state index in [4.69, 9.17) is 9.47 Å². The van der Waals surface area contributed by atoms with E-state index < -0.39 is 0 Å². The van der Waals surface area contributed by atoms with Crippen molar-refractivity contribution >= 4 is 6.08 Å². The molecule has 0 N–H and O–H groups in total. The molecule has 0 atom stereocenters. The molecule has 0 saturated carbocycles. The first-order chi connectivity index (χ1) is 13.7. The molecule has 1 aliphatic heterocycles. The molecule has 1 saturated heterocycles. The summed E-state index contributed by atoms with van der Waals surface area (Å²) >= 11 is 0. The Kier molecular flexibility index (Phi) is 7.49. The minimum absolute atomic E-state index is 0.528. The molecule has 0 amide bonds. The number of likely N-dealkylation sites (tertiary alicyclic amines) is 1. The van der Waals surface area contributed by atoms with Crippen molar-refractivity contribution in [2.45, 2.75) is 33.2 Å². The molecule has 0 unspecified atom stereocenters. The number of para-hydroxylation sites is 1. The summed E-state index contributed by atoms with van der Waals surface area (Å²) in [5.41, 5.74) is 2.33. The Bertz CT molecular complexity index is 765. The Labute approximate surface area is 169 Å². The van der Waals surface area contributed by atoms with Crippen LogP contribution in [0.5, 0.6) is 11.6 Å². The first-order valence-corrected chi connectivity index (χ1v) is 10.3. The van der Waals surface area contributed by atoms with E-state index in [0.29, 0.717) is 11.8 Å². The van der Waals surface area contributed by atoms with Crippen molar-refractivity contribution in [3.05, 3.63) is 59.8 Å². The van der Waals surface area contributed by atoms with E-state index in [1.54, 1.807) is 13.3 Å². The van der Waals surface area contributed by atoms with Crippen LogP contribution in [0.3, 0.4) is 0 Å². The highest BCUT2D eigenvalue weighted by Gasteiger charge is 2.18. The van der Waals surface area contributed by atoms with Crippen LogP contribution >= 0.6 is 0 Å². The Balaban J connectivity index is 1.53. The van der Waals surface area contributed by atoms with Crippen LogP contribution in [0.1, 0.15) is 37.8 Å². The predicted octanol–water partition coefficient (Wildman–Crippen LogP) is 5.05. The smallest absolute Gasteiger partial charge is 0.217 e. The number of aromatic nitrogens is 1. The summed E-state index contributed by atoms with van der Waals surface area (Å²) in [6.45, 7) is 8.19. The summed E-state index contributed by atoms with van der Waals surface area (Å²) in [7, 11) is 1.69. The van der Waals surface area contributed by atoms with Crippen molar-refractivity contribution < 1.29 is 9.47 Å². The number of nitrogens with zero attached hydrogens (tertiary/aromatic N) is 2. The van der Waals surface area contributed by atoms with Gasteiger partial charge in [-0.15, -0.1) is 0 Å². The van der Waals surface area contributed by atoms with Gasteiger partial charge in [0.15, 0.2) is 0 Å². The van der Waals surface area contributed by atoms with Crippen molar-refractivity contribution in [3.63, 3.8) is 0 Å². The lowest BCUT2D eigenvalue weighted by Gasteiger charge is -2.30. The van der Waals surface area contributed by atoms with Crippen molar-refractivity contribution in [2.75, 3.05) is 26.8 Å². The highest BCUT2D eigenvalue weighted by molar-refractivity contribution is 5.57. The van der Waals surface area contributed by atoms with Crippen LogP contribution in [0.2, 0.25) is 0 Å². The maximum Gasteiger partial charge on any atom is 0.217 e. The van der Waals surface area contributed by atoms with E-state index in [2.05, 4.69) is 60.1 Å². The Hall–Kier alpha value is -2.33. The van der Waals surface area contributed by atoms with Crippen LogP contribution in [0.4, 0.5) is 0 Å². The average Bonchev–Trinajstić information content (AvgIpc) is 2.72. The number of ether oxygens (including phenoxy) is 2. The van der Waals surface area contributed by atoms with Gasteiger partial charge in [0.05, 0.1) is 13.7 Å². The SMILES string of the molecule is COc1ncccc1CN1CCC(/C=C/c2ccccc2OCC(C)C)CC1. The number of hydrogen-bond acceptors (Lipinski definition) is 4. The molecule has 0 aliphatic carbocycles. The second kappa shape index (κ2) is 10.3. The number of rotatable bonds is 8. The topological polar surface area (TPSA) is 34.6 Å². The normalized spacial score (nSPS) is 16.0. The fraction of sp³-hybridized carbons (Fsp3) is 0.458. The molecule has 0 bridgehead atoms. The number of pyridine rings is 1. The van der Waals surface area contributed by atoms with Gasteiger partial charge in [-0.05, 0) is 49.9 Å². The van der Waals surface area contributed by atoms with Gasteiger partial charge < -0.3 is 9.47 Å². The molecule has 1 fully saturated rings. The molecule has 1 aromatic heterocycles. The average molecular weight is 381 g/mol. The molecule has 1 aliphatic rings. The lowest BCUT2D eigenvalue weighted by molar-refractivity contribution is 0.193. The zero-order valence-electron chi connectivity index (χ0n) is 17.3. The molecule has 3 rings (SSSR count). The van der Waals surface area contributed by atoms with E-state index >= 15 is 0 Å². The third-order valence-electron chi connectivity index (χ3n) is 5.11. The number of allylic oxidation sites excluding steroid dienone is 1. The maximum absolute atomic E-state index is 5.97. The molecular weight excluding hydrogens is 348 g/mol. The molecule has 4 nitrogen and oxygen atoms in total. The summed E-state index contributed by atoms with van der Waals surface area (Å²) in [6.07, 6.45) is 8.73. The molecule has 150 valence electrons. The van der Waals surface area contributed by atoms with Gasteiger partial charge in [-0.3, -0.25) is 4.90 Å². The van der Waals surface area contributed by atoms with Gasteiger partial charge in [0, 0.05) is 23.9 Å². The van der Waals surface area contributed by atoms with Crippen LogP contribution in [0.25, 0.3) is 6.08 Å². The largest absolute Gasteiger partial charge is 0.493 e. The van der Waals surface area contributed by atoms with Crippen LogP contribution in [0.15, 0.2) is 48.7 Å². The molecule has 0 spiro atoms. The molecule has 2 aromatic rings. The van der Waals surface area contributed by atoms with Gasteiger partial charge in [-0.2, -0.15) is 0 Å². The maximum atomic E-state index is 5.97. The lowest BCUT2D eigenvalue weighted by atomic mass is 9.95. The Morgan fingerprint density at radius 2 is 1.93 bits per heavy atom. The minimum atomic E-state index is 0.528. The Morgan fingerprint density at radius 1 is 1.14 bits per heavy atom. The minimum Gasteiger partial charge on any atom is -0.493 e. The highest BCUT2D eigenvalue weighted by Crippen LogP contribution is 2.25. The zero-order valence-corrected chi connectivity index (χ0v) is 17.3. The second-order valence-corrected chi connectivity index (χ2v) is 7.89. The molecule has 0 radical (unpaired) electrons. The van der Waals surface area contributed by atoms with E-state index in [-0.39, 0.29) is 0 Å². The van der Waals surface area contributed by atoms with Crippen LogP contribution in [0, 0.1) is 11.8 Å². The monoisotopic (exact) mass is 380 g/mol. The van der Waals surface area contributed by atoms with Gasteiger partial charge >= 0.3 is 0 Å². The third-order valence-corrected chi connectivity index (χ3v) is 5.11. The van der Waals surface area contributed by atoms with Gasteiger partial charge in [-0.25, -0.2) is 4.98 Å². The first-order valence-electron chi connectivity index (χ1n) is 10.3. The zero-order chi connectivity index (χ0) is 19.8. The van der Waals surface area contributed by atoms with Crippen LogP contribution in [-0.2, 0) is 6.54 Å². The molecule has 2 heterocycles. The Morgan fingerprint density at radius 3 is 2.68 bits per heavy atom. The predicted molar refractivity (Wildman–Crippen MR) is 115 cm³/mol. The quantitative estimate of drug-likeness (QED) is 0.642. The molecular formula is C24H32N2O2. The van der Waals surface area contributed by atoms with E-state index in [0.717, 1.165) is 43.4 Å². The first kappa shape index (κ1) is 20.4. The van der Waals surface area contributed by atoms with Crippen molar-refractivity contribution in [3.8, 4) is 11.6 Å². The van der Waals surface area contributed by atoms with Crippen LogP contribution < -0.4 is 9.47 Å². The summed E-state index contributed by atoms with van der Waals surface area (Å²) in [4.78, 5) is 6.79. The number of piperidine rings is 1. The van der Waals surface area contributed by atoms with E-state index in [1.165, 1.54) is 18.4 Å². The summed E-state index contributed by atoms with van der Waals surface area (Å²) in [5.74, 6) is 2.86. The molecule has 28 heavy (non-hydrogen) atoms. The van der Waals surface area contributed by atoms with Crippen molar-refractivity contribution in [2.24, 2.45) is 11.8 Å². The second-order valence-electron chi connectivity index (χ2n) is 7.89. The van der Waals surface area contributed by atoms with E-state index in [1.807, 2.05) is 12.1 Å². The fourth-order valence-corrected chi connectivity index (χ4v) is 3.52. The van der Waals surface area contributed by atoms with E-state index in [9.17, 15) is 0 Å². The number of hydrogen-bond donors (Lipinski definition) is 0. The van der Waals surface area contributed by atoms with Gasteiger partial charge in [0.25, 0.3) is 0 Å². The van der Waals surface area contributed by atoms with Gasteiger partial charge in [0.2, 0.25) is 5.88 Å².